The molecule has 2 bridgehead atoms. The molecule has 1 N–H and O–H groups in total. The average Bonchev–Trinajstić information content (AvgIpc) is 2.97. The summed E-state index contributed by atoms with van der Waals surface area (Å²) in [5, 5.41) is 9.91. The van der Waals surface area contributed by atoms with E-state index in [1.54, 1.807) is 6.92 Å². The highest BCUT2D eigenvalue weighted by Gasteiger charge is 2.59. The monoisotopic (exact) mass is 278 g/mol. The van der Waals surface area contributed by atoms with Gasteiger partial charge in [0.15, 0.2) is 0 Å². The molecule has 0 radical (unpaired) electrons. The minimum atomic E-state index is -0.423. The van der Waals surface area contributed by atoms with Crippen molar-refractivity contribution in [1.29, 1.82) is 0 Å². The van der Waals surface area contributed by atoms with Gasteiger partial charge in [0.05, 0.1) is 6.10 Å². The Morgan fingerprint density at radius 3 is 2.45 bits per heavy atom. The molecule has 0 saturated heterocycles. The summed E-state index contributed by atoms with van der Waals surface area (Å²) >= 11 is 0. The van der Waals surface area contributed by atoms with Crippen molar-refractivity contribution >= 4 is 5.97 Å². The molecule has 6 unspecified atom stereocenters. The second-order valence-electron chi connectivity index (χ2n) is 7.73. The summed E-state index contributed by atoms with van der Waals surface area (Å²) in [6.07, 6.45) is 4.25. The van der Waals surface area contributed by atoms with Crippen LogP contribution in [0.25, 0.3) is 0 Å². The molecule has 3 nitrogen and oxygen atoms in total. The molecular weight excluding hydrogens is 252 g/mol. The third-order valence-corrected chi connectivity index (χ3v) is 6.04. The maximum absolute atomic E-state index is 11.8. The topological polar surface area (TPSA) is 46.5 Å². The van der Waals surface area contributed by atoms with Crippen LogP contribution in [0.1, 0.15) is 46.5 Å². The summed E-state index contributed by atoms with van der Waals surface area (Å²) in [4.78, 5) is 11.8. The van der Waals surface area contributed by atoms with E-state index >= 15 is 0 Å². The fourth-order valence-electron chi connectivity index (χ4n) is 5.24. The summed E-state index contributed by atoms with van der Waals surface area (Å²) in [7, 11) is 0. The van der Waals surface area contributed by atoms with E-state index in [4.69, 9.17) is 4.74 Å². The van der Waals surface area contributed by atoms with Crippen LogP contribution in [0.15, 0.2) is 12.2 Å². The zero-order chi connectivity index (χ0) is 14.7. The van der Waals surface area contributed by atoms with E-state index in [-0.39, 0.29) is 12.1 Å². The number of carbonyl (C=O) groups excluding carboxylic acids is 1. The molecule has 20 heavy (non-hydrogen) atoms. The maximum atomic E-state index is 11.8. The Kier molecular flexibility index (Phi) is 3.24. The van der Waals surface area contributed by atoms with Crippen LogP contribution in [-0.2, 0) is 9.53 Å². The van der Waals surface area contributed by atoms with Gasteiger partial charge in [0, 0.05) is 11.5 Å². The predicted octanol–water partition coefficient (Wildman–Crippen LogP) is 2.93. The Bertz CT molecular complexity index is 440. The van der Waals surface area contributed by atoms with Gasteiger partial charge in [0.2, 0.25) is 0 Å². The standard InChI is InChI=1S/C17H26O3/c1-9(2)16(19)20-17(3,4)15-6-10-5-14(15)13-8-11(18)7-12(10)13/h10-15,18H,1,5-8H2,2-4H3. The van der Waals surface area contributed by atoms with Gasteiger partial charge in [-0.15, -0.1) is 0 Å². The van der Waals surface area contributed by atoms with Crippen LogP contribution < -0.4 is 0 Å². The summed E-state index contributed by atoms with van der Waals surface area (Å²) < 4.78 is 5.71. The van der Waals surface area contributed by atoms with Crippen LogP contribution in [-0.4, -0.2) is 22.8 Å². The molecule has 3 heteroatoms. The van der Waals surface area contributed by atoms with E-state index in [0.29, 0.717) is 23.3 Å². The number of carbonyl (C=O) groups is 1. The first-order chi connectivity index (χ1) is 9.29. The van der Waals surface area contributed by atoms with Crippen molar-refractivity contribution in [1.82, 2.24) is 0 Å². The number of fused-ring (bicyclic) bond motifs is 5. The Labute approximate surface area is 121 Å². The second kappa shape index (κ2) is 4.59. The van der Waals surface area contributed by atoms with Crippen LogP contribution in [0.4, 0.5) is 0 Å². The van der Waals surface area contributed by atoms with Gasteiger partial charge in [0.1, 0.15) is 5.60 Å². The van der Waals surface area contributed by atoms with Gasteiger partial charge in [-0.1, -0.05) is 6.58 Å². The lowest BCUT2D eigenvalue weighted by Gasteiger charge is -2.40. The minimum Gasteiger partial charge on any atom is -0.456 e. The fourth-order valence-corrected chi connectivity index (χ4v) is 5.24. The van der Waals surface area contributed by atoms with Gasteiger partial charge in [0.25, 0.3) is 0 Å². The fraction of sp³-hybridized carbons (Fsp3) is 0.824. The highest BCUT2D eigenvalue weighted by Crippen LogP contribution is 2.63. The van der Waals surface area contributed by atoms with Gasteiger partial charge in [-0.2, -0.15) is 0 Å². The molecule has 3 fully saturated rings. The zero-order valence-electron chi connectivity index (χ0n) is 12.8. The molecule has 0 aromatic heterocycles. The summed E-state index contributed by atoms with van der Waals surface area (Å²) in [6, 6.07) is 0. The molecule has 3 aliphatic rings. The number of rotatable bonds is 3. The molecule has 0 heterocycles. The average molecular weight is 278 g/mol. The Morgan fingerprint density at radius 1 is 1.15 bits per heavy atom. The highest BCUT2D eigenvalue weighted by atomic mass is 16.6. The molecule has 3 aliphatic carbocycles. The van der Waals surface area contributed by atoms with Crippen molar-refractivity contribution in [3.8, 4) is 0 Å². The Hall–Kier alpha value is -0.830. The Morgan fingerprint density at radius 2 is 1.80 bits per heavy atom. The first kappa shape index (κ1) is 14.1. The molecule has 0 aromatic rings. The van der Waals surface area contributed by atoms with E-state index in [9.17, 15) is 9.90 Å². The van der Waals surface area contributed by atoms with Crippen LogP contribution in [0.2, 0.25) is 0 Å². The molecule has 0 aromatic carbocycles. The molecule has 0 amide bonds. The van der Waals surface area contributed by atoms with Crippen molar-refractivity contribution in [2.45, 2.75) is 58.2 Å². The van der Waals surface area contributed by atoms with Gasteiger partial charge in [-0.05, 0) is 70.1 Å². The van der Waals surface area contributed by atoms with Crippen molar-refractivity contribution in [2.75, 3.05) is 0 Å². The van der Waals surface area contributed by atoms with E-state index in [1.807, 2.05) is 13.8 Å². The molecule has 3 rings (SSSR count). The third-order valence-electron chi connectivity index (χ3n) is 6.04. The van der Waals surface area contributed by atoms with Crippen LogP contribution in [0.5, 0.6) is 0 Å². The van der Waals surface area contributed by atoms with E-state index in [2.05, 4.69) is 6.58 Å². The first-order valence-corrected chi connectivity index (χ1v) is 7.86. The summed E-state index contributed by atoms with van der Waals surface area (Å²) in [5.41, 5.74) is 0.0453. The molecule has 112 valence electrons. The van der Waals surface area contributed by atoms with Gasteiger partial charge < -0.3 is 9.84 Å². The van der Waals surface area contributed by atoms with Gasteiger partial charge >= 0.3 is 5.97 Å². The largest absolute Gasteiger partial charge is 0.456 e. The lowest BCUT2D eigenvalue weighted by atomic mass is 9.70. The van der Waals surface area contributed by atoms with Crippen LogP contribution in [0, 0.1) is 29.6 Å². The van der Waals surface area contributed by atoms with Crippen molar-refractivity contribution in [3.63, 3.8) is 0 Å². The third kappa shape index (κ3) is 2.11. The van der Waals surface area contributed by atoms with E-state index in [0.717, 1.165) is 31.1 Å². The number of ether oxygens (including phenoxy) is 1. The zero-order valence-corrected chi connectivity index (χ0v) is 12.8. The van der Waals surface area contributed by atoms with Gasteiger partial charge in [-0.25, -0.2) is 4.79 Å². The number of esters is 1. The normalized spacial score (nSPS) is 42.6. The molecule has 3 saturated carbocycles. The molecule has 0 aliphatic heterocycles. The van der Waals surface area contributed by atoms with E-state index in [1.165, 1.54) is 6.42 Å². The number of aliphatic hydroxyl groups excluding tert-OH is 1. The lowest BCUT2D eigenvalue weighted by Crippen LogP contribution is -2.42. The Balaban J connectivity index is 1.73. The van der Waals surface area contributed by atoms with Crippen molar-refractivity contribution in [3.05, 3.63) is 12.2 Å². The smallest absolute Gasteiger partial charge is 0.333 e. The van der Waals surface area contributed by atoms with Crippen LogP contribution in [0.3, 0.4) is 0 Å². The first-order valence-electron chi connectivity index (χ1n) is 7.86. The second-order valence-corrected chi connectivity index (χ2v) is 7.73. The summed E-state index contributed by atoms with van der Waals surface area (Å²) in [6.45, 7) is 9.45. The predicted molar refractivity (Wildman–Crippen MR) is 76.9 cm³/mol. The van der Waals surface area contributed by atoms with Gasteiger partial charge in [-0.3, -0.25) is 0 Å². The lowest BCUT2D eigenvalue weighted by molar-refractivity contribution is -0.160. The van der Waals surface area contributed by atoms with E-state index < -0.39 is 5.60 Å². The SMILES string of the molecule is C=C(C)C(=O)OC(C)(C)C1CC2CC1C1CC(O)CC21. The molecule has 6 atom stereocenters. The molecular formula is C17H26O3. The number of hydrogen-bond donors (Lipinski definition) is 1. The highest BCUT2D eigenvalue weighted by molar-refractivity contribution is 5.87. The minimum absolute atomic E-state index is 0.102. The number of aliphatic hydroxyl groups is 1. The van der Waals surface area contributed by atoms with Crippen molar-refractivity contribution < 1.29 is 14.6 Å². The quantitative estimate of drug-likeness (QED) is 0.638. The number of hydrogen-bond acceptors (Lipinski definition) is 3. The van der Waals surface area contributed by atoms with Crippen LogP contribution >= 0.6 is 0 Å². The van der Waals surface area contributed by atoms with Crippen molar-refractivity contribution in [2.24, 2.45) is 29.6 Å². The molecule has 0 spiro atoms. The maximum Gasteiger partial charge on any atom is 0.333 e. The summed E-state index contributed by atoms with van der Waals surface area (Å²) in [5.74, 6) is 2.88.